The third-order valence-corrected chi connectivity index (χ3v) is 4.33. The molecule has 0 unspecified atom stereocenters. The maximum atomic E-state index is 5.77. The largest absolute Gasteiger partial charge is 0.486 e. The van der Waals surface area contributed by atoms with Crippen LogP contribution < -0.4 is 14.8 Å². The summed E-state index contributed by atoms with van der Waals surface area (Å²) in [5.41, 5.74) is 1.23. The van der Waals surface area contributed by atoms with Crippen molar-refractivity contribution in [3.05, 3.63) is 23.8 Å². The third-order valence-electron chi connectivity index (χ3n) is 4.33. The van der Waals surface area contributed by atoms with Crippen LogP contribution in [0.3, 0.4) is 0 Å². The summed E-state index contributed by atoms with van der Waals surface area (Å²) in [5.74, 6) is 1.84. The van der Waals surface area contributed by atoms with E-state index in [1.54, 1.807) is 0 Å². The number of hydrogen-bond donors (Lipinski definition) is 1. The van der Waals surface area contributed by atoms with E-state index >= 15 is 0 Å². The fourth-order valence-corrected chi connectivity index (χ4v) is 3.19. The van der Waals surface area contributed by atoms with Crippen LogP contribution in [-0.2, 0) is 6.54 Å². The van der Waals surface area contributed by atoms with Gasteiger partial charge in [0.1, 0.15) is 13.2 Å². The second-order valence-electron chi connectivity index (χ2n) is 5.86. The van der Waals surface area contributed by atoms with E-state index in [9.17, 15) is 0 Å². The summed E-state index contributed by atoms with van der Waals surface area (Å²) in [6.07, 6.45) is 9.57. The molecule has 110 valence electrons. The lowest BCUT2D eigenvalue weighted by molar-refractivity contribution is 0.169. The highest BCUT2D eigenvalue weighted by Gasteiger charge is 2.17. The number of para-hydroxylation sites is 1. The Balaban J connectivity index is 1.60. The molecule has 1 heterocycles. The molecule has 0 radical (unpaired) electrons. The quantitative estimate of drug-likeness (QED) is 0.913. The van der Waals surface area contributed by atoms with Gasteiger partial charge in [0.05, 0.1) is 0 Å². The maximum absolute atomic E-state index is 5.77. The highest BCUT2D eigenvalue weighted by Crippen LogP contribution is 2.33. The first kappa shape index (κ1) is 13.7. The van der Waals surface area contributed by atoms with Gasteiger partial charge in [0.15, 0.2) is 11.5 Å². The van der Waals surface area contributed by atoms with Crippen LogP contribution in [0.5, 0.6) is 11.5 Å². The fourth-order valence-electron chi connectivity index (χ4n) is 3.19. The van der Waals surface area contributed by atoms with Crippen LogP contribution in [0.4, 0.5) is 0 Å². The topological polar surface area (TPSA) is 30.5 Å². The molecular formula is C17H25NO2. The monoisotopic (exact) mass is 275 g/mol. The smallest absolute Gasteiger partial charge is 0.165 e. The number of ether oxygens (including phenoxy) is 2. The Hall–Kier alpha value is -1.22. The first-order chi connectivity index (χ1) is 9.93. The minimum Gasteiger partial charge on any atom is -0.486 e. The second kappa shape index (κ2) is 6.98. The van der Waals surface area contributed by atoms with Crippen molar-refractivity contribution in [2.45, 2.75) is 57.5 Å². The summed E-state index contributed by atoms with van der Waals surface area (Å²) in [6.45, 7) is 2.21. The van der Waals surface area contributed by atoms with Gasteiger partial charge in [-0.2, -0.15) is 0 Å². The van der Waals surface area contributed by atoms with Crippen molar-refractivity contribution < 1.29 is 9.47 Å². The van der Waals surface area contributed by atoms with E-state index in [1.165, 1.54) is 50.5 Å². The zero-order chi connectivity index (χ0) is 13.6. The molecule has 2 aliphatic rings. The minimum atomic E-state index is 0.659. The van der Waals surface area contributed by atoms with Crippen LogP contribution in [0, 0.1) is 0 Å². The number of fused-ring (bicyclic) bond motifs is 1. The summed E-state index contributed by atoms with van der Waals surface area (Å²) >= 11 is 0. The second-order valence-corrected chi connectivity index (χ2v) is 5.86. The molecule has 3 rings (SSSR count). The number of rotatable bonds is 3. The van der Waals surface area contributed by atoms with Gasteiger partial charge in [-0.15, -0.1) is 0 Å². The van der Waals surface area contributed by atoms with E-state index in [0.29, 0.717) is 19.3 Å². The molecule has 20 heavy (non-hydrogen) atoms. The molecule has 0 bridgehead atoms. The molecule has 1 saturated carbocycles. The molecule has 1 aliphatic carbocycles. The normalized spacial score (nSPS) is 20.2. The van der Waals surface area contributed by atoms with Crippen molar-refractivity contribution in [3.8, 4) is 11.5 Å². The Morgan fingerprint density at radius 2 is 1.70 bits per heavy atom. The Labute approximate surface area is 121 Å². The summed E-state index contributed by atoms with van der Waals surface area (Å²) in [5, 5.41) is 3.72. The van der Waals surface area contributed by atoms with Gasteiger partial charge in [0, 0.05) is 18.2 Å². The molecule has 0 atom stereocenters. The van der Waals surface area contributed by atoms with Crippen molar-refractivity contribution >= 4 is 0 Å². The van der Waals surface area contributed by atoms with E-state index in [4.69, 9.17) is 9.47 Å². The van der Waals surface area contributed by atoms with Crippen molar-refractivity contribution in [2.75, 3.05) is 13.2 Å². The Bertz CT molecular complexity index is 425. The molecule has 1 fully saturated rings. The molecule has 1 aromatic carbocycles. The van der Waals surface area contributed by atoms with Gasteiger partial charge in [-0.25, -0.2) is 0 Å². The molecule has 0 spiro atoms. The number of benzene rings is 1. The summed E-state index contributed by atoms with van der Waals surface area (Å²) < 4.78 is 11.4. The molecule has 3 nitrogen and oxygen atoms in total. The van der Waals surface area contributed by atoms with Gasteiger partial charge >= 0.3 is 0 Å². The summed E-state index contributed by atoms with van der Waals surface area (Å²) in [4.78, 5) is 0. The van der Waals surface area contributed by atoms with Gasteiger partial charge in [-0.3, -0.25) is 0 Å². The zero-order valence-electron chi connectivity index (χ0n) is 12.2. The SMILES string of the molecule is c1cc(CNC2CCCCCCC2)c2c(c1)OCCO2. The Morgan fingerprint density at radius 3 is 2.55 bits per heavy atom. The lowest BCUT2D eigenvalue weighted by atomic mass is 9.96. The minimum absolute atomic E-state index is 0.659. The van der Waals surface area contributed by atoms with Crippen LogP contribution in [0.1, 0.15) is 50.5 Å². The highest BCUT2D eigenvalue weighted by molar-refractivity contribution is 5.47. The average molecular weight is 275 g/mol. The van der Waals surface area contributed by atoms with Crippen LogP contribution in [0.25, 0.3) is 0 Å². The molecular weight excluding hydrogens is 250 g/mol. The lowest BCUT2D eigenvalue weighted by Crippen LogP contribution is -2.29. The van der Waals surface area contributed by atoms with Gasteiger partial charge in [0.2, 0.25) is 0 Å². The lowest BCUT2D eigenvalue weighted by Gasteiger charge is -2.24. The molecule has 1 N–H and O–H groups in total. The first-order valence-electron chi connectivity index (χ1n) is 8.04. The van der Waals surface area contributed by atoms with Gasteiger partial charge in [-0.05, 0) is 18.9 Å². The standard InChI is InChI=1S/C17H25NO2/c1-2-4-8-15(9-5-3-1)18-13-14-7-6-10-16-17(14)20-12-11-19-16/h6-7,10,15,18H,1-5,8-9,11-13H2. The van der Waals surface area contributed by atoms with Crippen LogP contribution in [0.2, 0.25) is 0 Å². The van der Waals surface area contributed by atoms with Crippen LogP contribution in [-0.4, -0.2) is 19.3 Å². The predicted octanol–water partition coefficient (Wildman–Crippen LogP) is 3.66. The molecule has 0 amide bonds. The molecule has 1 aromatic rings. The fraction of sp³-hybridized carbons (Fsp3) is 0.647. The first-order valence-corrected chi connectivity index (χ1v) is 8.04. The van der Waals surface area contributed by atoms with Crippen LogP contribution >= 0.6 is 0 Å². The van der Waals surface area contributed by atoms with Crippen LogP contribution in [0.15, 0.2) is 18.2 Å². The molecule has 0 saturated heterocycles. The number of hydrogen-bond acceptors (Lipinski definition) is 3. The van der Waals surface area contributed by atoms with Crippen molar-refractivity contribution in [1.82, 2.24) is 5.32 Å². The van der Waals surface area contributed by atoms with Crippen molar-refractivity contribution in [1.29, 1.82) is 0 Å². The zero-order valence-corrected chi connectivity index (χ0v) is 12.2. The Kier molecular flexibility index (Phi) is 4.80. The third kappa shape index (κ3) is 3.45. The number of nitrogens with one attached hydrogen (secondary N) is 1. The maximum Gasteiger partial charge on any atom is 0.165 e. The van der Waals surface area contributed by atoms with E-state index in [1.807, 2.05) is 6.07 Å². The molecule has 1 aliphatic heterocycles. The van der Waals surface area contributed by atoms with E-state index in [0.717, 1.165) is 18.0 Å². The Morgan fingerprint density at radius 1 is 0.950 bits per heavy atom. The highest BCUT2D eigenvalue weighted by atomic mass is 16.6. The molecule has 0 aromatic heterocycles. The predicted molar refractivity (Wildman–Crippen MR) is 80.4 cm³/mol. The van der Waals surface area contributed by atoms with Gasteiger partial charge in [-0.1, -0.05) is 44.2 Å². The van der Waals surface area contributed by atoms with Gasteiger partial charge < -0.3 is 14.8 Å². The van der Waals surface area contributed by atoms with E-state index in [-0.39, 0.29) is 0 Å². The van der Waals surface area contributed by atoms with Crippen molar-refractivity contribution in [3.63, 3.8) is 0 Å². The van der Waals surface area contributed by atoms with E-state index < -0.39 is 0 Å². The molecule has 3 heteroatoms. The van der Waals surface area contributed by atoms with Gasteiger partial charge in [0.25, 0.3) is 0 Å². The van der Waals surface area contributed by atoms with E-state index in [2.05, 4.69) is 17.4 Å². The summed E-state index contributed by atoms with van der Waals surface area (Å²) in [7, 11) is 0. The summed E-state index contributed by atoms with van der Waals surface area (Å²) in [6, 6.07) is 6.86. The average Bonchev–Trinajstić information content (AvgIpc) is 2.46. The van der Waals surface area contributed by atoms with Crippen molar-refractivity contribution in [2.24, 2.45) is 0 Å².